The Bertz CT molecular complexity index is 351. The standard InChI is InChI=1S/C14H22N2O2/c1-17-13-4-2-12(3-5-13)10-16-8-9-18-14(11-16)6-7-15/h2-5,14H,6-11,15H2,1H3. The summed E-state index contributed by atoms with van der Waals surface area (Å²) in [5, 5.41) is 0. The van der Waals surface area contributed by atoms with Crippen LogP contribution in [0.15, 0.2) is 24.3 Å². The van der Waals surface area contributed by atoms with Crippen LogP contribution in [0.25, 0.3) is 0 Å². The molecule has 4 heteroatoms. The molecule has 1 unspecified atom stereocenters. The summed E-state index contributed by atoms with van der Waals surface area (Å²) in [6.07, 6.45) is 1.24. The number of morpholine rings is 1. The van der Waals surface area contributed by atoms with Crippen molar-refractivity contribution in [2.24, 2.45) is 5.73 Å². The maximum absolute atomic E-state index is 5.68. The van der Waals surface area contributed by atoms with E-state index in [1.165, 1.54) is 5.56 Å². The Morgan fingerprint density at radius 3 is 2.83 bits per heavy atom. The van der Waals surface area contributed by atoms with Gasteiger partial charge in [-0.2, -0.15) is 0 Å². The van der Waals surface area contributed by atoms with Gasteiger partial charge >= 0.3 is 0 Å². The van der Waals surface area contributed by atoms with Crippen LogP contribution in [0, 0.1) is 0 Å². The van der Waals surface area contributed by atoms with Crippen molar-refractivity contribution in [1.82, 2.24) is 4.90 Å². The molecule has 1 aromatic carbocycles. The Balaban J connectivity index is 1.87. The lowest BCUT2D eigenvalue weighted by Crippen LogP contribution is -2.42. The third-order valence-electron chi connectivity index (χ3n) is 3.28. The molecular weight excluding hydrogens is 228 g/mol. The van der Waals surface area contributed by atoms with Gasteiger partial charge in [0.1, 0.15) is 5.75 Å². The van der Waals surface area contributed by atoms with E-state index in [-0.39, 0.29) is 0 Å². The summed E-state index contributed by atoms with van der Waals surface area (Å²) >= 11 is 0. The molecule has 100 valence electrons. The van der Waals surface area contributed by atoms with Crippen molar-refractivity contribution in [3.8, 4) is 5.75 Å². The van der Waals surface area contributed by atoms with E-state index in [1.807, 2.05) is 12.1 Å². The molecule has 0 saturated carbocycles. The number of hydrogen-bond donors (Lipinski definition) is 1. The van der Waals surface area contributed by atoms with Crippen molar-refractivity contribution in [1.29, 1.82) is 0 Å². The zero-order chi connectivity index (χ0) is 12.8. The SMILES string of the molecule is COc1ccc(CN2CCOC(CCN)C2)cc1. The number of nitrogens with two attached hydrogens (primary N) is 1. The van der Waals surface area contributed by atoms with Gasteiger partial charge in [0.15, 0.2) is 0 Å². The van der Waals surface area contributed by atoms with E-state index >= 15 is 0 Å². The molecule has 0 radical (unpaired) electrons. The first kappa shape index (κ1) is 13.3. The van der Waals surface area contributed by atoms with E-state index in [9.17, 15) is 0 Å². The fourth-order valence-corrected chi connectivity index (χ4v) is 2.27. The van der Waals surface area contributed by atoms with E-state index in [1.54, 1.807) is 7.11 Å². The van der Waals surface area contributed by atoms with Crippen molar-refractivity contribution in [2.45, 2.75) is 19.1 Å². The molecule has 0 bridgehead atoms. The number of nitrogens with zero attached hydrogens (tertiary/aromatic N) is 1. The van der Waals surface area contributed by atoms with Gasteiger partial charge in [-0.3, -0.25) is 4.90 Å². The molecule has 0 aliphatic carbocycles. The molecule has 1 heterocycles. The van der Waals surface area contributed by atoms with Crippen LogP contribution >= 0.6 is 0 Å². The Morgan fingerprint density at radius 1 is 1.39 bits per heavy atom. The Kier molecular flexibility index (Phi) is 4.99. The van der Waals surface area contributed by atoms with Crippen molar-refractivity contribution in [2.75, 3.05) is 33.4 Å². The first-order valence-corrected chi connectivity index (χ1v) is 6.49. The number of methoxy groups -OCH3 is 1. The molecule has 0 amide bonds. The average molecular weight is 250 g/mol. The summed E-state index contributed by atoms with van der Waals surface area (Å²) in [5.74, 6) is 0.904. The van der Waals surface area contributed by atoms with E-state index in [2.05, 4.69) is 17.0 Å². The maximum Gasteiger partial charge on any atom is 0.118 e. The zero-order valence-electron chi connectivity index (χ0n) is 11.0. The minimum absolute atomic E-state index is 0.294. The summed E-state index contributed by atoms with van der Waals surface area (Å²) in [5.41, 5.74) is 6.89. The van der Waals surface area contributed by atoms with Crippen molar-refractivity contribution in [3.05, 3.63) is 29.8 Å². The molecule has 1 fully saturated rings. The van der Waals surface area contributed by atoms with Gasteiger partial charge in [0, 0.05) is 19.6 Å². The molecule has 0 spiro atoms. The number of rotatable bonds is 5. The Labute approximate surface area is 109 Å². The van der Waals surface area contributed by atoms with E-state index in [0.717, 1.165) is 38.4 Å². The predicted molar refractivity (Wildman–Crippen MR) is 71.7 cm³/mol. The van der Waals surface area contributed by atoms with Crippen LogP contribution in [0.4, 0.5) is 0 Å². The first-order chi connectivity index (χ1) is 8.81. The fourth-order valence-electron chi connectivity index (χ4n) is 2.27. The molecule has 1 atom stereocenters. The number of hydrogen-bond acceptors (Lipinski definition) is 4. The predicted octanol–water partition coefficient (Wildman–Crippen LogP) is 1.24. The highest BCUT2D eigenvalue weighted by Crippen LogP contribution is 2.15. The van der Waals surface area contributed by atoms with Gasteiger partial charge in [0.25, 0.3) is 0 Å². The number of benzene rings is 1. The largest absolute Gasteiger partial charge is 0.497 e. The minimum Gasteiger partial charge on any atom is -0.497 e. The molecule has 1 saturated heterocycles. The lowest BCUT2D eigenvalue weighted by molar-refractivity contribution is -0.0335. The first-order valence-electron chi connectivity index (χ1n) is 6.49. The van der Waals surface area contributed by atoms with Crippen molar-refractivity contribution in [3.63, 3.8) is 0 Å². The normalized spacial score (nSPS) is 20.9. The third-order valence-corrected chi connectivity index (χ3v) is 3.28. The van der Waals surface area contributed by atoms with E-state index in [4.69, 9.17) is 15.2 Å². The number of ether oxygens (including phenoxy) is 2. The Hall–Kier alpha value is -1.10. The third kappa shape index (κ3) is 3.70. The second-order valence-corrected chi connectivity index (χ2v) is 4.65. The molecule has 18 heavy (non-hydrogen) atoms. The van der Waals surface area contributed by atoms with Gasteiger partial charge in [-0.15, -0.1) is 0 Å². The lowest BCUT2D eigenvalue weighted by Gasteiger charge is -2.32. The molecular formula is C14H22N2O2. The van der Waals surface area contributed by atoms with Crippen LogP contribution in [0.3, 0.4) is 0 Å². The maximum atomic E-state index is 5.68. The second-order valence-electron chi connectivity index (χ2n) is 4.65. The van der Waals surface area contributed by atoms with Crippen molar-refractivity contribution >= 4 is 0 Å². The summed E-state index contributed by atoms with van der Waals surface area (Å²) in [6, 6.07) is 8.25. The smallest absolute Gasteiger partial charge is 0.118 e. The van der Waals surface area contributed by atoms with Crippen molar-refractivity contribution < 1.29 is 9.47 Å². The van der Waals surface area contributed by atoms with Crippen LogP contribution in [0.5, 0.6) is 5.75 Å². The Morgan fingerprint density at radius 2 is 2.17 bits per heavy atom. The summed E-state index contributed by atoms with van der Waals surface area (Å²) in [7, 11) is 1.69. The van der Waals surface area contributed by atoms with E-state index in [0.29, 0.717) is 12.6 Å². The van der Waals surface area contributed by atoms with Gasteiger partial charge in [0.2, 0.25) is 0 Å². The minimum atomic E-state index is 0.294. The van der Waals surface area contributed by atoms with Crippen LogP contribution in [0.2, 0.25) is 0 Å². The van der Waals surface area contributed by atoms with Crippen LogP contribution < -0.4 is 10.5 Å². The highest BCUT2D eigenvalue weighted by molar-refractivity contribution is 5.27. The average Bonchev–Trinajstić information content (AvgIpc) is 2.40. The summed E-state index contributed by atoms with van der Waals surface area (Å²) < 4.78 is 10.8. The van der Waals surface area contributed by atoms with Gasteiger partial charge in [0.05, 0.1) is 19.8 Å². The van der Waals surface area contributed by atoms with E-state index < -0.39 is 0 Å². The molecule has 0 aromatic heterocycles. The topological polar surface area (TPSA) is 47.7 Å². The molecule has 2 rings (SSSR count). The molecule has 2 N–H and O–H groups in total. The highest BCUT2D eigenvalue weighted by Gasteiger charge is 2.19. The van der Waals surface area contributed by atoms with Crippen LogP contribution in [-0.4, -0.2) is 44.4 Å². The zero-order valence-corrected chi connectivity index (χ0v) is 11.0. The second kappa shape index (κ2) is 6.73. The monoisotopic (exact) mass is 250 g/mol. The quantitative estimate of drug-likeness (QED) is 0.854. The lowest BCUT2D eigenvalue weighted by atomic mass is 10.1. The highest BCUT2D eigenvalue weighted by atomic mass is 16.5. The molecule has 1 aliphatic heterocycles. The molecule has 1 aromatic rings. The molecule has 1 aliphatic rings. The van der Waals surface area contributed by atoms with Gasteiger partial charge in [-0.05, 0) is 30.7 Å². The van der Waals surface area contributed by atoms with Crippen LogP contribution in [-0.2, 0) is 11.3 Å². The molecule has 4 nitrogen and oxygen atoms in total. The fraction of sp³-hybridized carbons (Fsp3) is 0.571. The summed E-state index contributed by atoms with van der Waals surface area (Å²) in [4.78, 5) is 2.42. The van der Waals surface area contributed by atoms with Gasteiger partial charge < -0.3 is 15.2 Å². The summed E-state index contributed by atoms with van der Waals surface area (Å²) in [6.45, 7) is 4.44. The van der Waals surface area contributed by atoms with Crippen LogP contribution in [0.1, 0.15) is 12.0 Å². The van der Waals surface area contributed by atoms with Gasteiger partial charge in [-0.25, -0.2) is 0 Å². The van der Waals surface area contributed by atoms with Gasteiger partial charge in [-0.1, -0.05) is 12.1 Å².